The average molecular weight is 435 g/mol. The Hall–Kier alpha value is -1.66. The van der Waals surface area contributed by atoms with Gasteiger partial charge in [-0.1, -0.05) is 42.6 Å². The molecule has 1 amide bonds. The minimum atomic E-state index is -0.327. The topological polar surface area (TPSA) is 71.3 Å². The maximum Gasteiger partial charge on any atom is 0.243 e. The number of fused-ring (bicyclic) bond motifs is 3. The molecule has 27 heavy (non-hydrogen) atoms. The molecule has 1 aromatic carbocycles. The first-order chi connectivity index (χ1) is 12.8. The van der Waals surface area contributed by atoms with Crippen molar-refractivity contribution in [2.75, 3.05) is 0 Å². The van der Waals surface area contributed by atoms with Crippen LogP contribution in [0.1, 0.15) is 68.4 Å². The highest BCUT2D eigenvalue weighted by Crippen LogP contribution is 2.40. The van der Waals surface area contributed by atoms with Gasteiger partial charge in [0, 0.05) is 46.0 Å². The molecule has 1 aliphatic carbocycles. The normalized spacial score (nSPS) is 15.8. The van der Waals surface area contributed by atoms with Crippen LogP contribution in [0.2, 0.25) is 0 Å². The van der Waals surface area contributed by atoms with Crippen molar-refractivity contribution in [2.45, 2.75) is 65.3 Å². The van der Waals surface area contributed by atoms with Gasteiger partial charge in [0.1, 0.15) is 0 Å². The summed E-state index contributed by atoms with van der Waals surface area (Å²) in [4.78, 5) is 23.9. The third-order valence-corrected chi connectivity index (χ3v) is 5.85. The number of nitrogens with zero attached hydrogens (tertiary/aromatic N) is 1. The summed E-state index contributed by atoms with van der Waals surface area (Å²) in [5.41, 5.74) is 4.87. The predicted molar refractivity (Wildman–Crippen MR) is 109 cm³/mol. The van der Waals surface area contributed by atoms with E-state index < -0.39 is 0 Å². The number of amides is 1. The number of carbonyl (C=O) groups is 2. The maximum atomic E-state index is 12.9. The highest BCUT2D eigenvalue weighted by atomic mass is 79.9. The summed E-state index contributed by atoms with van der Waals surface area (Å²) in [6.07, 6.45) is 5.60. The van der Waals surface area contributed by atoms with Gasteiger partial charge in [-0.2, -0.15) is 0 Å². The van der Waals surface area contributed by atoms with Crippen molar-refractivity contribution in [3.63, 3.8) is 0 Å². The van der Waals surface area contributed by atoms with Gasteiger partial charge < -0.3 is 4.57 Å². The van der Waals surface area contributed by atoms with Crippen LogP contribution in [0.25, 0.3) is 10.9 Å². The molecule has 1 aromatic heterocycles. The van der Waals surface area contributed by atoms with E-state index in [-0.39, 0.29) is 17.1 Å². The monoisotopic (exact) mass is 434 g/mol. The molecule has 3 rings (SSSR count). The molecule has 0 aliphatic heterocycles. The van der Waals surface area contributed by atoms with Gasteiger partial charge in [-0.25, -0.2) is 5.48 Å². The van der Waals surface area contributed by atoms with Crippen LogP contribution < -0.4 is 5.48 Å². The van der Waals surface area contributed by atoms with Crippen molar-refractivity contribution >= 4 is 38.5 Å². The Morgan fingerprint density at radius 1 is 1.22 bits per heavy atom. The number of halogens is 1. The zero-order chi connectivity index (χ0) is 19.6. The summed E-state index contributed by atoms with van der Waals surface area (Å²) in [5, 5.41) is 9.58. The number of rotatable bonds is 7. The van der Waals surface area contributed by atoms with Gasteiger partial charge in [-0.05, 0) is 42.9 Å². The standard InChI is InChI=1S/C21H27BrN2O3/c1-21(2)12-17-20(18(25)13-21)15-11-14(22)8-9-16(15)24(17)10-6-4-3-5-7-19(26)23-27/h8-9,11,27H,3-7,10,12-13H2,1-2H3,(H,23,26). The lowest BCUT2D eigenvalue weighted by molar-refractivity contribution is -0.129. The summed E-state index contributed by atoms with van der Waals surface area (Å²) in [6, 6.07) is 6.20. The molecule has 1 heterocycles. The summed E-state index contributed by atoms with van der Waals surface area (Å²) in [5.74, 6) is -0.0788. The van der Waals surface area contributed by atoms with E-state index in [1.807, 2.05) is 6.07 Å². The van der Waals surface area contributed by atoms with E-state index in [9.17, 15) is 9.59 Å². The summed E-state index contributed by atoms with van der Waals surface area (Å²) in [6.45, 7) is 5.21. The van der Waals surface area contributed by atoms with Crippen molar-refractivity contribution in [2.24, 2.45) is 5.41 Å². The Morgan fingerprint density at radius 3 is 2.70 bits per heavy atom. The second-order valence-corrected chi connectivity index (χ2v) is 9.19. The van der Waals surface area contributed by atoms with Crippen LogP contribution in [-0.4, -0.2) is 21.5 Å². The van der Waals surface area contributed by atoms with Crippen molar-refractivity contribution in [3.8, 4) is 0 Å². The summed E-state index contributed by atoms with van der Waals surface area (Å²) >= 11 is 3.54. The smallest absolute Gasteiger partial charge is 0.243 e. The second-order valence-electron chi connectivity index (χ2n) is 8.27. The molecule has 0 bridgehead atoms. The number of nitrogens with one attached hydrogen (secondary N) is 1. The summed E-state index contributed by atoms with van der Waals surface area (Å²) < 4.78 is 3.32. The van der Waals surface area contributed by atoms with E-state index in [0.717, 1.165) is 59.6 Å². The molecule has 0 radical (unpaired) electrons. The first-order valence-electron chi connectivity index (χ1n) is 9.59. The van der Waals surface area contributed by atoms with Gasteiger partial charge in [0.2, 0.25) is 5.91 Å². The van der Waals surface area contributed by atoms with E-state index in [2.05, 4.69) is 46.5 Å². The van der Waals surface area contributed by atoms with Crippen LogP contribution >= 0.6 is 15.9 Å². The minimum Gasteiger partial charge on any atom is -0.344 e. The first kappa shape index (κ1) is 20.1. The van der Waals surface area contributed by atoms with Gasteiger partial charge in [-0.3, -0.25) is 14.8 Å². The predicted octanol–water partition coefficient (Wildman–Crippen LogP) is 5.01. The molecule has 0 spiro atoms. The molecule has 5 nitrogen and oxygen atoms in total. The molecule has 0 unspecified atom stereocenters. The van der Waals surface area contributed by atoms with Crippen molar-refractivity contribution in [3.05, 3.63) is 33.9 Å². The van der Waals surface area contributed by atoms with Crippen LogP contribution in [0.15, 0.2) is 22.7 Å². The SMILES string of the molecule is CC1(C)CC(=O)c2c(n(CCCCCCC(=O)NO)c3ccc(Br)cc23)C1. The Morgan fingerprint density at radius 2 is 1.96 bits per heavy atom. The fourth-order valence-corrected chi connectivity index (χ4v) is 4.49. The first-order valence-corrected chi connectivity index (χ1v) is 10.4. The fourth-order valence-electron chi connectivity index (χ4n) is 4.13. The number of hydrogen-bond donors (Lipinski definition) is 2. The number of ketones is 1. The van der Waals surface area contributed by atoms with Crippen molar-refractivity contribution in [1.82, 2.24) is 10.0 Å². The van der Waals surface area contributed by atoms with Crippen LogP contribution in [0.5, 0.6) is 0 Å². The number of aryl methyl sites for hydroxylation is 1. The maximum absolute atomic E-state index is 12.9. The number of hydroxylamine groups is 1. The van der Waals surface area contributed by atoms with Gasteiger partial charge in [0.05, 0.1) is 0 Å². The molecule has 1 aliphatic rings. The lowest BCUT2D eigenvalue weighted by atomic mass is 9.75. The Bertz CT molecular complexity index is 870. The van der Waals surface area contributed by atoms with Gasteiger partial charge in [0.25, 0.3) is 0 Å². The third-order valence-electron chi connectivity index (χ3n) is 5.36. The van der Waals surface area contributed by atoms with Crippen LogP contribution in [0.3, 0.4) is 0 Å². The highest BCUT2D eigenvalue weighted by molar-refractivity contribution is 9.10. The second kappa shape index (κ2) is 8.15. The van der Waals surface area contributed by atoms with E-state index >= 15 is 0 Å². The quantitative estimate of drug-likeness (QED) is 0.365. The fraction of sp³-hybridized carbons (Fsp3) is 0.524. The van der Waals surface area contributed by atoms with E-state index in [1.165, 1.54) is 5.69 Å². The molecule has 2 N–H and O–H groups in total. The molecule has 0 atom stereocenters. The number of unbranched alkanes of at least 4 members (excludes halogenated alkanes) is 3. The average Bonchev–Trinajstić information content (AvgIpc) is 2.89. The number of hydrogen-bond acceptors (Lipinski definition) is 3. The van der Waals surface area contributed by atoms with Crippen molar-refractivity contribution < 1.29 is 14.8 Å². The van der Waals surface area contributed by atoms with E-state index in [0.29, 0.717) is 12.8 Å². The Labute approximate surface area is 168 Å². The van der Waals surface area contributed by atoms with E-state index in [4.69, 9.17) is 5.21 Å². The van der Waals surface area contributed by atoms with Gasteiger partial charge >= 0.3 is 0 Å². The largest absolute Gasteiger partial charge is 0.344 e. The number of aromatic nitrogens is 1. The third kappa shape index (κ3) is 4.43. The van der Waals surface area contributed by atoms with Gasteiger partial charge in [0.15, 0.2) is 5.78 Å². The Balaban J connectivity index is 1.79. The van der Waals surface area contributed by atoms with Crippen molar-refractivity contribution in [1.29, 1.82) is 0 Å². The lowest BCUT2D eigenvalue weighted by Crippen LogP contribution is -2.28. The van der Waals surface area contributed by atoms with Crippen LogP contribution in [0, 0.1) is 5.41 Å². The lowest BCUT2D eigenvalue weighted by Gasteiger charge is -2.29. The van der Waals surface area contributed by atoms with Crippen LogP contribution in [-0.2, 0) is 17.8 Å². The molecule has 0 saturated heterocycles. The van der Waals surface area contributed by atoms with Gasteiger partial charge in [-0.15, -0.1) is 0 Å². The molecule has 0 fully saturated rings. The molecular formula is C21H27BrN2O3. The number of carbonyl (C=O) groups excluding carboxylic acids is 2. The Kier molecular flexibility index (Phi) is 6.06. The molecule has 2 aromatic rings. The number of benzene rings is 1. The zero-order valence-corrected chi connectivity index (χ0v) is 17.6. The zero-order valence-electron chi connectivity index (χ0n) is 16.0. The summed E-state index contributed by atoms with van der Waals surface area (Å²) in [7, 11) is 0. The molecule has 6 heteroatoms. The highest BCUT2D eigenvalue weighted by Gasteiger charge is 2.35. The van der Waals surface area contributed by atoms with E-state index in [1.54, 1.807) is 5.48 Å². The molecule has 146 valence electrons. The minimum absolute atomic E-state index is 0.00883. The number of Topliss-reactive ketones (excluding diaryl/α,β-unsaturated/α-hetero) is 1. The molecule has 0 saturated carbocycles. The molecular weight excluding hydrogens is 408 g/mol. The van der Waals surface area contributed by atoms with Crippen LogP contribution in [0.4, 0.5) is 0 Å².